The summed E-state index contributed by atoms with van der Waals surface area (Å²) >= 11 is 0. The Balaban J connectivity index is 1.28. The van der Waals surface area contributed by atoms with Gasteiger partial charge in [-0.2, -0.15) is 0 Å². The van der Waals surface area contributed by atoms with Gasteiger partial charge in [-0.3, -0.25) is 14.5 Å². The molecule has 0 radical (unpaired) electrons. The SMILES string of the molecule is O=C(CCc1nc2ncccc2c(=O)[nH]1)N1CCN(C2CCCCCCCC2)CC1. The minimum absolute atomic E-state index is 0.146. The van der Waals surface area contributed by atoms with Crippen molar-refractivity contribution in [1.29, 1.82) is 0 Å². The molecular formula is C23H33N5O2. The Hall–Kier alpha value is -2.28. The van der Waals surface area contributed by atoms with E-state index in [1.54, 1.807) is 18.3 Å². The summed E-state index contributed by atoms with van der Waals surface area (Å²) in [6.07, 6.45) is 13.3. The number of fused-ring (bicyclic) bond motifs is 1. The normalized spacial score (nSPS) is 19.9. The molecule has 3 heterocycles. The van der Waals surface area contributed by atoms with Crippen molar-refractivity contribution in [1.82, 2.24) is 24.8 Å². The first-order valence-electron chi connectivity index (χ1n) is 11.6. The molecule has 2 fully saturated rings. The number of aryl methyl sites for hydroxylation is 1. The topological polar surface area (TPSA) is 82.2 Å². The largest absolute Gasteiger partial charge is 0.340 e. The highest BCUT2D eigenvalue weighted by Crippen LogP contribution is 2.22. The first-order chi connectivity index (χ1) is 14.7. The maximum absolute atomic E-state index is 12.7. The Morgan fingerprint density at radius 2 is 1.73 bits per heavy atom. The number of amides is 1. The van der Waals surface area contributed by atoms with E-state index in [0.29, 0.717) is 35.7 Å². The lowest BCUT2D eigenvalue weighted by molar-refractivity contribution is -0.133. The first-order valence-corrected chi connectivity index (χ1v) is 11.6. The molecule has 30 heavy (non-hydrogen) atoms. The predicted octanol–water partition coefficient (Wildman–Crippen LogP) is 2.90. The van der Waals surface area contributed by atoms with Crippen molar-refractivity contribution in [2.75, 3.05) is 26.2 Å². The van der Waals surface area contributed by atoms with E-state index in [2.05, 4.69) is 19.9 Å². The van der Waals surface area contributed by atoms with Crippen LogP contribution in [0.25, 0.3) is 11.0 Å². The van der Waals surface area contributed by atoms with Gasteiger partial charge in [0.25, 0.3) is 5.56 Å². The second-order valence-corrected chi connectivity index (χ2v) is 8.66. The molecule has 1 aliphatic carbocycles. The van der Waals surface area contributed by atoms with Gasteiger partial charge in [0, 0.05) is 51.3 Å². The molecule has 2 aromatic heterocycles. The lowest BCUT2D eigenvalue weighted by Crippen LogP contribution is -2.52. The number of aromatic amines is 1. The van der Waals surface area contributed by atoms with E-state index in [9.17, 15) is 9.59 Å². The van der Waals surface area contributed by atoms with Crippen LogP contribution >= 0.6 is 0 Å². The molecule has 0 spiro atoms. The third-order valence-electron chi connectivity index (χ3n) is 6.61. The van der Waals surface area contributed by atoms with Crippen molar-refractivity contribution >= 4 is 16.9 Å². The molecule has 0 atom stereocenters. The molecular weight excluding hydrogens is 378 g/mol. The van der Waals surface area contributed by atoms with Gasteiger partial charge in [0.1, 0.15) is 5.82 Å². The Labute approximate surface area is 177 Å². The number of pyridine rings is 1. The van der Waals surface area contributed by atoms with E-state index in [0.717, 1.165) is 26.2 Å². The second kappa shape index (κ2) is 10.2. The Kier molecular flexibility index (Phi) is 7.10. The van der Waals surface area contributed by atoms with Crippen LogP contribution < -0.4 is 5.56 Å². The second-order valence-electron chi connectivity index (χ2n) is 8.66. The highest BCUT2D eigenvalue weighted by Gasteiger charge is 2.26. The van der Waals surface area contributed by atoms with E-state index >= 15 is 0 Å². The van der Waals surface area contributed by atoms with Crippen LogP contribution in [0.3, 0.4) is 0 Å². The number of carbonyl (C=O) groups is 1. The fourth-order valence-corrected chi connectivity index (χ4v) is 4.83. The average molecular weight is 412 g/mol. The summed E-state index contributed by atoms with van der Waals surface area (Å²) in [5.74, 6) is 0.677. The predicted molar refractivity (Wildman–Crippen MR) is 117 cm³/mol. The summed E-state index contributed by atoms with van der Waals surface area (Å²) in [5, 5.41) is 0.480. The monoisotopic (exact) mass is 411 g/mol. The number of nitrogens with zero attached hydrogens (tertiary/aromatic N) is 4. The number of carbonyl (C=O) groups excluding carboxylic acids is 1. The minimum Gasteiger partial charge on any atom is -0.340 e. The fourth-order valence-electron chi connectivity index (χ4n) is 4.83. The van der Waals surface area contributed by atoms with Gasteiger partial charge in [-0.1, -0.05) is 38.5 Å². The Morgan fingerprint density at radius 1 is 1.03 bits per heavy atom. The lowest BCUT2D eigenvalue weighted by Gasteiger charge is -2.39. The minimum atomic E-state index is -0.195. The molecule has 162 valence electrons. The molecule has 1 N–H and O–H groups in total. The number of aromatic nitrogens is 3. The Bertz CT molecular complexity index is 894. The molecule has 7 nitrogen and oxygen atoms in total. The summed E-state index contributed by atoms with van der Waals surface area (Å²) in [7, 11) is 0. The van der Waals surface area contributed by atoms with Crippen molar-refractivity contribution in [2.45, 2.75) is 70.3 Å². The highest BCUT2D eigenvalue weighted by molar-refractivity contribution is 5.76. The van der Waals surface area contributed by atoms with Crippen LogP contribution in [0.4, 0.5) is 0 Å². The third kappa shape index (κ3) is 5.25. The van der Waals surface area contributed by atoms with Gasteiger partial charge in [0.05, 0.1) is 5.39 Å². The maximum Gasteiger partial charge on any atom is 0.260 e. The standard InChI is InChI=1S/C23H33N5O2/c29-21(12-11-20-25-22-19(23(30)26-20)10-7-13-24-22)28-16-14-27(15-17-28)18-8-5-3-1-2-4-6-9-18/h7,10,13,18H,1-6,8-9,11-12,14-17H2,(H,24,25,26,30). The number of nitrogens with one attached hydrogen (secondary N) is 1. The van der Waals surface area contributed by atoms with Crippen molar-refractivity contribution in [2.24, 2.45) is 0 Å². The Morgan fingerprint density at radius 3 is 2.47 bits per heavy atom. The summed E-state index contributed by atoms with van der Waals surface area (Å²) in [6, 6.07) is 4.13. The molecule has 2 aromatic rings. The van der Waals surface area contributed by atoms with Gasteiger partial charge in [-0.05, 0) is 25.0 Å². The van der Waals surface area contributed by atoms with Gasteiger partial charge >= 0.3 is 0 Å². The van der Waals surface area contributed by atoms with Gasteiger partial charge in [0.15, 0.2) is 5.65 Å². The van der Waals surface area contributed by atoms with E-state index in [1.807, 2.05) is 4.90 Å². The van der Waals surface area contributed by atoms with Crippen molar-refractivity contribution < 1.29 is 4.79 Å². The first kappa shape index (κ1) is 21.0. The number of piperazine rings is 1. The number of rotatable bonds is 4. The molecule has 4 rings (SSSR count). The molecule has 1 saturated carbocycles. The molecule has 0 aromatic carbocycles. The number of hydrogen-bond donors (Lipinski definition) is 1. The molecule has 1 aliphatic heterocycles. The smallest absolute Gasteiger partial charge is 0.260 e. The lowest BCUT2D eigenvalue weighted by atomic mass is 10.0. The van der Waals surface area contributed by atoms with Crippen molar-refractivity contribution in [3.05, 3.63) is 34.5 Å². The molecule has 2 aliphatic rings. The van der Waals surface area contributed by atoms with Crippen molar-refractivity contribution in [3.63, 3.8) is 0 Å². The average Bonchev–Trinajstić information content (AvgIpc) is 2.92. The van der Waals surface area contributed by atoms with E-state index in [1.165, 1.54) is 51.4 Å². The van der Waals surface area contributed by atoms with Crippen LogP contribution in [-0.2, 0) is 11.2 Å². The molecule has 0 unspecified atom stereocenters. The van der Waals surface area contributed by atoms with Gasteiger partial charge in [-0.25, -0.2) is 9.97 Å². The molecule has 1 amide bonds. The molecule has 0 bridgehead atoms. The van der Waals surface area contributed by atoms with E-state index in [-0.39, 0.29) is 11.5 Å². The summed E-state index contributed by atoms with van der Waals surface area (Å²) in [4.78, 5) is 40.8. The van der Waals surface area contributed by atoms with Crippen molar-refractivity contribution in [3.8, 4) is 0 Å². The van der Waals surface area contributed by atoms with Gasteiger partial charge in [-0.15, -0.1) is 0 Å². The number of H-pyrrole nitrogens is 1. The molecule has 7 heteroatoms. The zero-order chi connectivity index (χ0) is 20.8. The molecule has 1 saturated heterocycles. The summed E-state index contributed by atoms with van der Waals surface area (Å²) < 4.78 is 0. The van der Waals surface area contributed by atoms with E-state index in [4.69, 9.17) is 0 Å². The summed E-state index contributed by atoms with van der Waals surface area (Å²) in [5.41, 5.74) is 0.242. The third-order valence-corrected chi connectivity index (χ3v) is 6.61. The summed E-state index contributed by atoms with van der Waals surface area (Å²) in [6.45, 7) is 3.56. The zero-order valence-corrected chi connectivity index (χ0v) is 17.8. The fraction of sp³-hybridized carbons (Fsp3) is 0.652. The van der Waals surface area contributed by atoms with E-state index < -0.39 is 0 Å². The van der Waals surface area contributed by atoms with Crippen LogP contribution in [0, 0.1) is 0 Å². The van der Waals surface area contributed by atoms with Crippen LogP contribution in [-0.4, -0.2) is 62.9 Å². The highest BCUT2D eigenvalue weighted by atomic mass is 16.2. The number of hydrogen-bond acceptors (Lipinski definition) is 5. The van der Waals surface area contributed by atoms with Crippen LogP contribution in [0.5, 0.6) is 0 Å². The van der Waals surface area contributed by atoms with Crippen LogP contribution in [0.2, 0.25) is 0 Å². The zero-order valence-electron chi connectivity index (χ0n) is 17.8. The van der Waals surface area contributed by atoms with Gasteiger partial charge in [0.2, 0.25) is 5.91 Å². The quantitative estimate of drug-likeness (QED) is 0.837. The maximum atomic E-state index is 12.7. The van der Waals surface area contributed by atoms with Crippen LogP contribution in [0.15, 0.2) is 23.1 Å². The van der Waals surface area contributed by atoms with Crippen LogP contribution in [0.1, 0.15) is 63.6 Å². The van der Waals surface area contributed by atoms with Gasteiger partial charge < -0.3 is 9.88 Å².